The molecule has 1 aromatic heterocycles. The molecular formula is C22H19N3O2S. The Hall–Kier alpha value is -3.25. The van der Waals surface area contributed by atoms with Gasteiger partial charge in [0.2, 0.25) is 11.8 Å². The number of amides is 2. The van der Waals surface area contributed by atoms with Gasteiger partial charge in [-0.1, -0.05) is 42.5 Å². The standard InChI is InChI=1S/C22H19N3O2S/c1-15(26)25-12-11-17-8-9-18(13-20(17)25)19-14-28-22(23-19)24-21(27)10-7-16-5-3-2-4-6-16/h2-10,13-14H,11-12H2,1H3,(H,23,24,27)/b10-7+. The number of thiazole rings is 1. The summed E-state index contributed by atoms with van der Waals surface area (Å²) in [5.41, 5.74) is 4.81. The lowest BCUT2D eigenvalue weighted by molar-refractivity contribution is -0.116. The fraction of sp³-hybridized carbons (Fsp3) is 0.136. The van der Waals surface area contributed by atoms with Crippen molar-refractivity contribution < 1.29 is 9.59 Å². The van der Waals surface area contributed by atoms with Crippen molar-refractivity contribution in [3.8, 4) is 11.3 Å². The van der Waals surface area contributed by atoms with Crippen LogP contribution in [0.3, 0.4) is 0 Å². The average molecular weight is 389 g/mol. The Balaban J connectivity index is 1.48. The summed E-state index contributed by atoms with van der Waals surface area (Å²) in [4.78, 5) is 30.2. The van der Waals surface area contributed by atoms with Gasteiger partial charge in [0.05, 0.1) is 5.69 Å². The van der Waals surface area contributed by atoms with Gasteiger partial charge in [0.15, 0.2) is 5.13 Å². The van der Waals surface area contributed by atoms with Gasteiger partial charge in [-0.2, -0.15) is 0 Å². The minimum atomic E-state index is -0.221. The molecule has 140 valence electrons. The zero-order chi connectivity index (χ0) is 19.5. The van der Waals surface area contributed by atoms with Crippen LogP contribution in [0.1, 0.15) is 18.1 Å². The second kappa shape index (κ2) is 7.78. The first-order valence-corrected chi connectivity index (χ1v) is 9.89. The molecule has 5 nitrogen and oxygen atoms in total. The fourth-order valence-electron chi connectivity index (χ4n) is 3.21. The van der Waals surface area contributed by atoms with E-state index in [0.29, 0.717) is 5.13 Å². The lowest BCUT2D eigenvalue weighted by atomic mass is 10.1. The lowest BCUT2D eigenvalue weighted by Gasteiger charge is -2.15. The smallest absolute Gasteiger partial charge is 0.250 e. The van der Waals surface area contributed by atoms with Crippen LogP contribution in [-0.2, 0) is 16.0 Å². The van der Waals surface area contributed by atoms with Crippen LogP contribution in [0.4, 0.5) is 10.8 Å². The second-order valence-corrected chi connectivity index (χ2v) is 7.39. The highest BCUT2D eigenvalue weighted by atomic mass is 32.1. The molecule has 0 saturated carbocycles. The molecule has 0 spiro atoms. The van der Waals surface area contributed by atoms with Gasteiger partial charge < -0.3 is 4.90 Å². The molecular weight excluding hydrogens is 370 g/mol. The SMILES string of the molecule is CC(=O)N1CCc2ccc(-c3csc(NC(=O)/C=C/c4ccccc4)n3)cc21. The fourth-order valence-corrected chi connectivity index (χ4v) is 3.94. The van der Waals surface area contributed by atoms with Crippen LogP contribution in [-0.4, -0.2) is 23.3 Å². The maximum absolute atomic E-state index is 12.1. The van der Waals surface area contributed by atoms with Crippen molar-refractivity contribution >= 4 is 40.0 Å². The quantitative estimate of drug-likeness (QED) is 0.674. The first kappa shape index (κ1) is 18.1. The molecule has 3 aromatic rings. The number of nitrogens with one attached hydrogen (secondary N) is 1. The second-order valence-electron chi connectivity index (χ2n) is 6.54. The molecule has 28 heavy (non-hydrogen) atoms. The van der Waals surface area contributed by atoms with Crippen molar-refractivity contribution in [1.29, 1.82) is 0 Å². The van der Waals surface area contributed by atoms with Crippen molar-refractivity contribution in [3.05, 3.63) is 71.1 Å². The summed E-state index contributed by atoms with van der Waals surface area (Å²) in [5.74, 6) is -0.172. The Labute approximate surface area is 167 Å². The third-order valence-electron chi connectivity index (χ3n) is 4.62. The third kappa shape index (κ3) is 3.87. The lowest BCUT2D eigenvalue weighted by Crippen LogP contribution is -2.25. The molecule has 1 N–H and O–H groups in total. The maximum Gasteiger partial charge on any atom is 0.250 e. The van der Waals surface area contributed by atoms with Gasteiger partial charge in [-0.05, 0) is 29.7 Å². The Bertz CT molecular complexity index is 1060. The molecule has 4 rings (SSSR count). The predicted molar refractivity (Wildman–Crippen MR) is 113 cm³/mol. The van der Waals surface area contributed by atoms with Gasteiger partial charge in [0, 0.05) is 36.2 Å². The number of benzene rings is 2. The van der Waals surface area contributed by atoms with Crippen LogP contribution in [0.5, 0.6) is 0 Å². The Morgan fingerprint density at radius 2 is 2.00 bits per heavy atom. The third-order valence-corrected chi connectivity index (χ3v) is 5.38. The van der Waals surface area contributed by atoms with Crippen molar-refractivity contribution in [3.63, 3.8) is 0 Å². The van der Waals surface area contributed by atoms with Crippen LogP contribution >= 0.6 is 11.3 Å². The van der Waals surface area contributed by atoms with E-state index in [0.717, 1.165) is 35.5 Å². The molecule has 2 aromatic carbocycles. The molecule has 0 unspecified atom stereocenters. The molecule has 0 radical (unpaired) electrons. The van der Waals surface area contributed by atoms with E-state index >= 15 is 0 Å². The molecule has 0 atom stereocenters. The minimum absolute atomic E-state index is 0.0485. The number of hydrogen-bond acceptors (Lipinski definition) is 4. The molecule has 0 bridgehead atoms. The van der Waals surface area contributed by atoms with Crippen LogP contribution < -0.4 is 10.2 Å². The van der Waals surface area contributed by atoms with Crippen molar-refractivity contribution in [2.24, 2.45) is 0 Å². The topological polar surface area (TPSA) is 62.3 Å². The number of nitrogens with zero attached hydrogens (tertiary/aromatic N) is 2. The van der Waals surface area contributed by atoms with Crippen LogP contribution in [0.25, 0.3) is 17.3 Å². The van der Waals surface area contributed by atoms with E-state index in [1.54, 1.807) is 17.9 Å². The van der Waals surface area contributed by atoms with E-state index in [4.69, 9.17) is 0 Å². The van der Waals surface area contributed by atoms with E-state index in [-0.39, 0.29) is 11.8 Å². The Morgan fingerprint density at radius 1 is 1.18 bits per heavy atom. The molecule has 1 aliphatic rings. The number of carbonyl (C=O) groups excluding carboxylic acids is 2. The highest BCUT2D eigenvalue weighted by Crippen LogP contribution is 2.34. The van der Waals surface area contributed by atoms with Crippen molar-refractivity contribution in [2.75, 3.05) is 16.8 Å². The first-order valence-electron chi connectivity index (χ1n) is 9.01. The normalized spacial score (nSPS) is 13.0. The van der Waals surface area contributed by atoms with Gasteiger partial charge in [-0.15, -0.1) is 11.3 Å². The number of anilines is 2. The largest absolute Gasteiger partial charge is 0.312 e. The average Bonchev–Trinajstić information content (AvgIpc) is 3.33. The molecule has 2 heterocycles. The van der Waals surface area contributed by atoms with Gasteiger partial charge in [-0.25, -0.2) is 4.98 Å². The van der Waals surface area contributed by atoms with Gasteiger partial charge >= 0.3 is 0 Å². The molecule has 2 amide bonds. The summed E-state index contributed by atoms with van der Waals surface area (Å²) in [6.45, 7) is 2.31. The van der Waals surface area contributed by atoms with E-state index < -0.39 is 0 Å². The zero-order valence-electron chi connectivity index (χ0n) is 15.4. The number of fused-ring (bicyclic) bond motifs is 1. The molecule has 1 aliphatic heterocycles. The Kier molecular flexibility index (Phi) is 5.04. The molecule has 0 saturated heterocycles. The van der Waals surface area contributed by atoms with Crippen LogP contribution in [0.2, 0.25) is 0 Å². The van der Waals surface area contributed by atoms with Gasteiger partial charge in [0.1, 0.15) is 0 Å². The van der Waals surface area contributed by atoms with Gasteiger partial charge in [0.25, 0.3) is 0 Å². The van der Waals surface area contributed by atoms with E-state index in [9.17, 15) is 9.59 Å². The first-order chi connectivity index (χ1) is 13.6. The summed E-state index contributed by atoms with van der Waals surface area (Å²) in [6.07, 6.45) is 4.14. The van der Waals surface area contributed by atoms with E-state index in [2.05, 4.69) is 10.3 Å². The summed E-state index contributed by atoms with van der Waals surface area (Å²) >= 11 is 1.38. The number of carbonyl (C=O) groups is 2. The number of rotatable bonds is 4. The monoisotopic (exact) mass is 389 g/mol. The summed E-state index contributed by atoms with van der Waals surface area (Å²) in [7, 11) is 0. The van der Waals surface area contributed by atoms with E-state index in [1.807, 2.05) is 53.9 Å². The zero-order valence-corrected chi connectivity index (χ0v) is 16.2. The van der Waals surface area contributed by atoms with Crippen molar-refractivity contribution in [1.82, 2.24) is 4.98 Å². The summed E-state index contributed by atoms with van der Waals surface area (Å²) < 4.78 is 0. The maximum atomic E-state index is 12.1. The summed E-state index contributed by atoms with van der Waals surface area (Å²) in [5, 5.41) is 5.25. The van der Waals surface area contributed by atoms with Gasteiger partial charge in [-0.3, -0.25) is 14.9 Å². The van der Waals surface area contributed by atoms with Crippen LogP contribution in [0.15, 0.2) is 60.0 Å². The van der Waals surface area contributed by atoms with Crippen LogP contribution in [0, 0.1) is 0 Å². The number of hydrogen-bond donors (Lipinski definition) is 1. The molecule has 0 fully saturated rings. The summed E-state index contributed by atoms with van der Waals surface area (Å²) in [6, 6.07) is 15.7. The number of aromatic nitrogens is 1. The highest BCUT2D eigenvalue weighted by molar-refractivity contribution is 7.14. The predicted octanol–water partition coefficient (Wildman–Crippen LogP) is 4.37. The highest BCUT2D eigenvalue weighted by Gasteiger charge is 2.22. The van der Waals surface area contributed by atoms with Crippen molar-refractivity contribution in [2.45, 2.75) is 13.3 Å². The van der Waals surface area contributed by atoms with E-state index in [1.165, 1.54) is 23.0 Å². The minimum Gasteiger partial charge on any atom is -0.312 e. The molecule has 6 heteroatoms. The molecule has 0 aliphatic carbocycles. The Morgan fingerprint density at radius 3 is 2.79 bits per heavy atom.